The van der Waals surface area contributed by atoms with Crippen molar-refractivity contribution in [3.05, 3.63) is 77.9 Å². The summed E-state index contributed by atoms with van der Waals surface area (Å²) in [7, 11) is 3.12. The molecule has 0 bridgehead atoms. The number of amidine groups is 2. The Kier molecular flexibility index (Phi) is 7.07. The van der Waals surface area contributed by atoms with Crippen molar-refractivity contribution in [2.24, 2.45) is 11.5 Å². The summed E-state index contributed by atoms with van der Waals surface area (Å²) in [5.41, 5.74) is 13.1. The van der Waals surface area contributed by atoms with Crippen molar-refractivity contribution in [3.63, 3.8) is 0 Å². The Morgan fingerprint density at radius 2 is 1.06 bits per heavy atom. The molecule has 0 atom stereocenters. The third-order valence-corrected chi connectivity index (χ3v) is 4.91. The number of pyridine rings is 1. The molecule has 2 aromatic carbocycles. The maximum Gasteiger partial charge on any atom is 0.327 e. The Bertz CT molecular complexity index is 1130. The van der Waals surface area contributed by atoms with Crippen molar-refractivity contribution in [2.75, 3.05) is 34.5 Å². The first-order valence-corrected chi connectivity index (χ1v) is 10.1. The highest BCUT2D eigenvalue weighted by molar-refractivity contribution is 6.03. The summed E-state index contributed by atoms with van der Waals surface area (Å²) >= 11 is 0. The fourth-order valence-electron chi connectivity index (χ4n) is 2.87. The van der Waals surface area contributed by atoms with Gasteiger partial charge < -0.3 is 22.1 Å². The van der Waals surface area contributed by atoms with Gasteiger partial charge in [0.15, 0.2) is 0 Å². The molecule has 11 nitrogen and oxygen atoms in total. The average Bonchev–Trinajstić information content (AvgIpc) is 2.83. The van der Waals surface area contributed by atoms with Crippen molar-refractivity contribution >= 4 is 46.7 Å². The predicted octanol–water partition coefficient (Wildman–Crippen LogP) is 2.99. The number of nitrogens with two attached hydrogens (primary N) is 2. The van der Waals surface area contributed by atoms with Gasteiger partial charge in [0.05, 0.1) is 0 Å². The van der Waals surface area contributed by atoms with Gasteiger partial charge >= 0.3 is 12.1 Å². The van der Waals surface area contributed by atoms with Crippen molar-refractivity contribution in [1.29, 1.82) is 10.8 Å². The quantitative estimate of drug-likeness (QED) is 0.245. The minimum Gasteiger partial charge on any atom is -0.384 e. The van der Waals surface area contributed by atoms with Gasteiger partial charge in [-0.2, -0.15) is 0 Å². The van der Waals surface area contributed by atoms with Gasteiger partial charge in [-0.25, -0.2) is 14.6 Å². The molecule has 0 radical (unpaired) electrons. The fourth-order valence-corrected chi connectivity index (χ4v) is 2.87. The van der Waals surface area contributed by atoms with Gasteiger partial charge in [0, 0.05) is 36.6 Å². The lowest BCUT2D eigenvalue weighted by atomic mass is 10.2. The molecule has 0 fully saturated rings. The molecule has 4 amide bonds. The van der Waals surface area contributed by atoms with E-state index in [0.29, 0.717) is 34.1 Å². The van der Waals surface area contributed by atoms with Crippen LogP contribution in [0.5, 0.6) is 0 Å². The standard InChI is InChI=1S/C23H25N9O2/c1-31(22(33)28-16-10-6-14(7-11-16)20(24)25)18-4-3-5-19(30-18)32(2)23(34)29-17-12-8-15(9-13-17)21(26)27/h3-13H,1-2H3,(H3,24,25)(H3,26,27)(H,28,33)(H,29,34). The molecule has 0 aliphatic rings. The molecule has 1 aromatic heterocycles. The number of amides is 4. The van der Waals surface area contributed by atoms with Gasteiger partial charge in [-0.15, -0.1) is 0 Å². The Balaban J connectivity index is 1.67. The van der Waals surface area contributed by atoms with Crippen molar-refractivity contribution < 1.29 is 9.59 Å². The zero-order chi connectivity index (χ0) is 24.8. The Labute approximate surface area is 196 Å². The Morgan fingerprint density at radius 3 is 1.38 bits per heavy atom. The van der Waals surface area contributed by atoms with Gasteiger partial charge in [-0.05, 0) is 60.7 Å². The predicted molar refractivity (Wildman–Crippen MR) is 134 cm³/mol. The number of hydrogen-bond acceptors (Lipinski definition) is 5. The molecule has 11 heteroatoms. The second-order valence-electron chi connectivity index (χ2n) is 7.31. The van der Waals surface area contributed by atoms with Gasteiger partial charge in [-0.3, -0.25) is 20.6 Å². The number of anilines is 4. The summed E-state index contributed by atoms with van der Waals surface area (Å²) in [5, 5.41) is 20.3. The van der Waals surface area contributed by atoms with Gasteiger partial charge in [-0.1, -0.05) is 6.07 Å². The van der Waals surface area contributed by atoms with Crippen molar-refractivity contribution in [3.8, 4) is 0 Å². The number of benzene rings is 2. The Morgan fingerprint density at radius 1 is 0.706 bits per heavy atom. The SMILES string of the molecule is CN(C(=O)Nc1ccc(C(=N)N)cc1)c1cccc(N(C)C(=O)Nc2ccc(C(=N)N)cc2)n1. The number of urea groups is 2. The molecular formula is C23H25N9O2. The number of hydrogen-bond donors (Lipinski definition) is 6. The van der Waals surface area contributed by atoms with Crippen LogP contribution < -0.4 is 31.9 Å². The number of nitrogens with one attached hydrogen (secondary N) is 4. The van der Waals surface area contributed by atoms with Crippen molar-refractivity contribution in [1.82, 2.24) is 4.98 Å². The zero-order valence-electron chi connectivity index (χ0n) is 18.7. The van der Waals surface area contributed by atoms with E-state index in [9.17, 15) is 9.59 Å². The summed E-state index contributed by atoms with van der Waals surface area (Å²) < 4.78 is 0. The monoisotopic (exact) mass is 459 g/mol. The summed E-state index contributed by atoms with van der Waals surface area (Å²) in [4.78, 5) is 32.4. The number of carbonyl (C=O) groups is 2. The van der Waals surface area contributed by atoms with Crippen LogP contribution in [0.25, 0.3) is 0 Å². The van der Waals surface area contributed by atoms with Crippen LogP contribution in [0.2, 0.25) is 0 Å². The highest BCUT2D eigenvalue weighted by Gasteiger charge is 2.17. The van der Waals surface area contributed by atoms with Crippen LogP contribution in [0.1, 0.15) is 11.1 Å². The summed E-state index contributed by atoms with van der Waals surface area (Å²) in [6, 6.07) is 17.3. The molecule has 34 heavy (non-hydrogen) atoms. The number of nitrogen functional groups attached to an aromatic ring is 2. The third-order valence-electron chi connectivity index (χ3n) is 4.91. The smallest absolute Gasteiger partial charge is 0.327 e. The minimum absolute atomic E-state index is 0.0581. The first-order chi connectivity index (χ1) is 16.2. The molecule has 3 aromatic rings. The maximum absolute atomic E-state index is 12.7. The summed E-state index contributed by atoms with van der Waals surface area (Å²) in [5.74, 6) is 0.552. The number of aromatic nitrogens is 1. The molecule has 8 N–H and O–H groups in total. The molecule has 174 valence electrons. The molecule has 0 unspecified atom stereocenters. The fraction of sp³-hybridized carbons (Fsp3) is 0.0870. The van der Waals surface area contributed by atoms with Crippen LogP contribution in [0.15, 0.2) is 66.7 Å². The average molecular weight is 460 g/mol. The van der Waals surface area contributed by atoms with Gasteiger partial charge in [0.1, 0.15) is 23.3 Å². The molecular weight excluding hydrogens is 434 g/mol. The van der Waals surface area contributed by atoms with E-state index in [2.05, 4.69) is 15.6 Å². The van der Waals surface area contributed by atoms with E-state index >= 15 is 0 Å². The lowest BCUT2D eigenvalue weighted by Gasteiger charge is -2.21. The van der Waals surface area contributed by atoms with E-state index in [1.165, 1.54) is 9.80 Å². The van der Waals surface area contributed by atoms with Crippen LogP contribution >= 0.6 is 0 Å². The van der Waals surface area contributed by atoms with E-state index in [0.717, 1.165) is 0 Å². The summed E-state index contributed by atoms with van der Waals surface area (Å²) in [6.45, 7) is 0. The normalized spacial score (nSPS) is 10.2. The molecule has 0 spiro atoms. The zero-order valence-corrected chi connectivity index (χ0v) is 18.7. The molecule has 0 saturated carbocycles. The van der Waals surface area contributed by atoms with Gasteiger partial charge in [0.25, 0.3) is 0 Å². The largest absolute Gasteiger partial charge is 0.384 e. The topological polar surface area (TPSA) is 177 Å². The van der Waals surface area contributed by atoms with Crippen LogP contribution in [0.3, 0.4) is 0 Å². The number of rotatable bonds is 6. The molecule has 1 heterocycles. The van der Waals surface area contributed by atoms with E-state index < -0.39 is 12.1 Å². The first kappa shape index (κ1) is 23.7. The minimum atomic E-state index is -0.433. The lowest BCUT2D eigenvalue weighted by molar-refractivity contribution is 0.257. The second kappa shape index (κ2) is 10.1. The first-order valence-electron chi connectivity index (χ1n) is 10.1. The molecule has 0 aliphatic carbocycles. The van der Waals surface area contributed by atoms with E-state index in [-0.39, 0.29) is 11.7 Å². The maximum atomic E-state index is 12.7. The molecule has 0 aliphatic heterocycles. The second-order valence-corrected chi connectivity index (χ2v) is 7.31. The van der Waals surface area contributed by atoms with Crippen LogP contribution in [0.4, 0.5) is 32.6 Å². The number of carbonyl (C=O) groups excluding carboxylic acids is 2. The van der Waals surface area contributed by atoms with Gasteiger partial charge in [0.2, 0.25) is 0 Å². The molecule has 3 rings (SSSR count). The highest BCUT2D eigenvalue weighted by atomic mass is 16.2. The number of nitrogens with zero attached hydrogens (tertiary/aromatic N) is 3. The van der Waals surface area contributed by atoms with Crippen LogP contribution in [0, 0.1) is 10.8 Å². The van der Waals surface area contributed by atoms with Crippen LogP contribution in [-0.4, -0.2) is 42.8 Å². The van der Waals surface area contributed by atoms with E-state index in [1.54, 1.807) is 80.8 Å². The Hall–Kier alpha value is -4.93. The lowest BCUT2D eigenvalue weighted by Crippen LogP contribution is -2.34. The summed E-state index contributed by atoms with van der Waals surface area (Å²) in [6.07, 6.45) is 0. The highest BCUT2D eigenvalue weighted by Crippen LogP contribution is 2.19. The van der Waals surface area contributed by atoms with E-state index in [4.69, 9.17) is 22.3 Å². The van der Waals surface area contributed by atoms with E-state index in [1.807, 2.05) is 0 Å². The molecule has 0 saturated heterocycles. The van der Waals surface area contributed by atoms with Crippen molar-refractivity contribution in [2.45, 2.75) is 0 Å². The third kappa shape index (κ3) is 5.65. The van der Waals surface area contributed by atoms with Crippen LogP contribution in [-0.2, 0) is 0 Å².